The van der Waals surface area contributed by atoms with Crippen LogP contribution >= 0.6 is 23.2 Å². The number of carbonyl (C=O) groups excluding carboxylic acids is 2. The van der Waals surface area contributed by atoms with Gasteiger partial charge in [0.25, 0.3) is 0 Å². The van der Waals surface area contributed by atoms with Crippen molar-refractivity contribution in [2.24, 2.45) is 5.41 Å². The van der Waals surface area contributed by atoms with Gasteiger partial charge in [-0.1, -0.05) is 61.3 Å². The predicted molar refractivity (Wildman–Crippen MR) is 113 cm³/mol. The van der Waals surface area contributed by atoms with Gasteiger partial charge in [-0.2, -0.15) is 0 Å². The van der Waals surface area contributed by atoms with E-state index >= 15 is 0 Å². The molecule has 4 rings (SSSR count). The summed E-state index contributed by atoms with van der Waals surface area (Å²) in [5, 5.41) is 1.02. The maximum absolute atomic E-state index is 13.2. The Morgan fingerprint density at radius 1 is 1.00 bits per heavy atom. The smallest absolute Gasteiger partial charge is 0.232 e. The molecule has 2 aliphatic rings. The summed E-state index contributed by atoms with van der Waals surface area (Å²) in [5.74, 6) is -0.266. The van der Waals surface area contributed by atoms with Crippen LogP contribution in [0.4, 0.5) is 5.69 Å². The molecule has 0 saturated heterocycles. The lowest BCUT2D eigenvalue weighted by Gasteiger charge is -2.43. The Bertz CT molecular complexity index is 995. The van der Waals surface area contributed by atoms with Gasteiger partial charge in [0.1, 0.15) is 0 Å². The summed E-state index contributed by atoms with van der Waals surface area (Å²) < 4.78 is 0. The van der Waals surface area contributed by atoms with Crippen molar-refractivity contribution < 1.29 is 9.59 Å². The molecule has 144 valence electrons. The SMILES string of the molecule is CC1(C)CC(=O)C2=C(C1)N(c1ccccc1)C(=O)C[C@@H]2c1ccc(Cl)cc1Cl. The number of benzene rings is 2. The van der Waals surface area contributed by atoms with Crippen LogP contribution in [-0.2, 0) is 9.59 Å². The largest absolute Gasteiger partial charge is 0.294 e. The molecule has 5 heteroatoms. The topological polar surface area (TPSA) is 37.4 Å². The second-order valence-electron chi connectivity index (χ2n) is 8.29. The number of rotatable bonds is 2. The molecule has 0 unspecified atom stereocenters. The van der Waals surface area contributed by atoms with Gasteiger partial charge in [-0.3, -0.25) is 14.5 Å². The molecule has 1 amide bonds. The van der Waals surface area contributed by atoms with Gasteiger partial charge in [0.2, 0.25) is 5.91 Å². The molecule has 3 nitrogen and oxygen atoms in total. The summed E-state index contributed by atoms with van der Waals surface area (Å²) in [7, 11) is 0. The number of para-hydroxylation sites is 1. The van der Waals surface area contributed by atoms with E-state index in [1.807, 2.05) is 36.4 Å². The Morgan fingerprint density at radius 2 is 1.71 bits per heavy atom. The molecule has 1 atom stereocenters. The van der Waals surface area contributed by atoms with Crippen molar-refractivity contribution in [1.82, 2.24) is 0 Å². The Morgan fingerprint density at radius 3 is 2.39 bits per heavy atom. The van der Waals surface area contributed by atoms with E-state index in [9.17, 15) is 9.59 Å². The van der Waals surface area contributed by atoms with E-state index < -0.39 is 0 Å². The van der Waals surface area contributed by atoms with Gasteiger partial charge >= 0.3 is 0 Å². The van der Waals surface area contributed by atoms with Crippen LogP contribution in [0.2, 0.25) is 10.0 Å². The van der Waals surface area contributed by atoms with Gasteiger partial charge in [0.15, 0.2) is 5.78 Å². The summed E-state index contributed by atoms with van der Waals surface area (Å²) in [6, 6.07) is 14.8. The standard InChI is InChI=1S/C23H21Cl2NO2/c1-23(2)12-19-22(20(27)13-23)17(16-9-8-14(24)10-18(16)25)11-21(28)26(19)15-6-4-3-5-7-15/h3-10,17H,11-13H2,1-2H3/t17-/m1/s1. The maximum atomic E-state index is 13.2. The van der Waals surface area contributed by atoms with E-state index in [-0.39, 0.29) is 29.4 Å². The molecule has 0 fully saturated rings. The van der Waals surface area contributed by atoms with Crippen LogP contribution in [0.3, 0.4) is 0 Å². The van der Waals surface area contributed by atoms with Crippen LogP contribution in [0.25, 0.3) is 0 Å². The van der Waals surface area contributed by atoms with Gasteiger partial charge in [-0.15, -0.1) is 0 Å². The van der Waals surface area contributed by atoms with Gasteiger partial charge < -0.3 is 0 Å². The highest BCUT2D eigenvalue weighted by Gasteiger charge is 2.44. The molecule has 2 aromatic rings. The first kappa shape index (κ1) is 19.2. The Hall–Kier alpha value is -2.10. The van der Waals surface area contributed by atoms with E-state index in [1.165, 1.54) is 0 Å². The number of allylic oxidation sites excluding steroid dienone is 2. The monoisotopic (exact) mass is 413 g/mol. The maximum Gasteiger partial charge on any atom is 0.232 e. The molecule has 0 bridgehead atoms. The quantitative estimate of drug-likeness (QED) is 0.591. The number of hydrogen-bond donors (Lipinski definition) is 0. The van der Waals surface area contributed by atoms with E-state index in [2.05, 4.69) is 13.8 Å². The third kappa shape index (κ3) is 3.38. The van der Waals surface area contributed by atoms with Gasteiger partial charge in [0.05, 0.1) is 0 Å². The van der Waals surface area contributed by atoms with E-state index in [4.69, 9.17) is 23.2 Å². The van der Waals surface area contributed by atoms with Crippen molar-refractivity contribution in [2.45, 2.75) is 39.0 Å². The average molecular weight is 414 g/mol. The molecule has 28 heavy (non-hydrogen) atoms. The number of carbonyl (C=O) groups is 2. The average Bonchev–Trinajstić information content (AvgIpc) is 2.60. The third-order valence-electron chi connectivity index (χ3n) is 5.50. The van der Waals surface area contributed by atoms with Crippen molar-refractivity contribution in [3.05, 3.63) is 75.4 Å². The first-order valence-electron chi connectivity index (χ1n) is 9.36. The number of nitrogens with zero attached hydrogens (tertiary/aromatic N) is 1. The molecule has 0 spiro atoms. The number of Topliss-reactive ketones (excluding diaryl/α,β-unsaturated/α-hetero) is 1. The molecule has 2 aromatic carbocycles. The molecule has 1 aliphatic carbocycles. The van der Waals surface area contributed by atoms with Crippen molar-refractivity contribution in [3.8, 4) is 0 Å². The Labute approximate surface area is 174 Å². The van der Waals surface area contributed by atoms with Gasteiger partial charge in [-0.25, -0.2) is 0 Å². The normalized spacial score (nSPS) is 21.7. The number of ketones is 1. The number of amides is 1. The summed E-state index contributed by atoms with van der Waals surface area (Å²) in [6.45, 7) is 4.14. The van der Waals surface area contributed by atoms with E-state index in [0.29, 0.717) is 28.5 Å². The van der Waals surface area contributed by atoms with Crippen LogP contribution < -0.4 is 4.90 Å². The third-order valence-corrected chi connectivity index (χ3v) is 6.06. The molecule has 1 aliphatic heterocycles. The summed E-state index contributed by atoms with van der Waals surface area (Å²) in [6.07, 6.45) is 1.34. The van der Waals surface area contributed by atoms with Crippen molar-refractivity contribution >= 4 is 40.6 Å². The fourth-order valence-electron chi connectivity index (χ4n) is 4.34. The van der Waals surface area contributed by atoms with Crippen LogP contribution in [-0.4, -0.2) is 11.7 Å². The summed E-state index contributed by atoms with van der Waals surface area (Å²) in [5.41, 5.74) is 2.90. The highest BCUT2D eigenvalue weighted by Crippen LogP contribution is 2.49. The van der Waals surface area contributed by atoms with Crippen molar-refractivity contribution in [2.75, 3.05) is 4.90 Å². The van der Waals surface area contributed by atoms with Gasteiger partial charge in [-0.05, 0) is 41.7 Å². The zero-order chi connectivity index (χ0) is 20.1. The molecular formula is C23H21Cl2NO2. The zero-order valence-corrected chi connectivity index (χ0v) is 17.3. The van der Waals surface area contributed by atoms with Crippen LogP contribution in [0.1, 0.15) is 44.6 Å². The zero-order valence-electron chi connectivity index (χ0n) is 15.8. The number of anilines is 1. The highest BCUT2D eigenvalue weighted by molar-refractivity contribution is 6.35. The van der Waals surface area contributed by atoms with Crippen LogP contribution in [0, 0.1) is 5.41 Å². The Kier molecular flexibility index (Phi) is 4.84. The summed E-state index contributed by atoms with van der Waals surface area (Å²) in [4.78, 5) is 28.2. The second kappa shape index (κ2) is 7.06. The molecule has 0 radical (unpaired) electrons. The number of halogens is 2. The fraction of sp³-hybridized carbons (Fsp3) is 0.304. The predicted octanol–water partition coefficient (Wildman–Crippen LogP) is 6.16. The minimum absolute atomic E-state index is 0.0218. The molecular weight excluding hydrogens is 393 g/mol. The summed E-state index contributed by atoms with van der Waals surface area (Å²) >= 11 is 12.5. The number of hydrogen-bond acceptors (Lipinski definition) is 2. The minimum atomic E-state index is -0.337. The minimum Gasteiger partial charge on any atom is -0.294 e. The van der Waals surface area contributed by atoms with E-state index in [0.717, 1.165) is 16.9 Å². The van der Waals surface area contributed by atoms with Gasteiger partial charge in [0, 0.05) is 45.8 Å². The second-order valence-corrected chi connectivity index (χ2v) is 9.13. The fourth-order valence-corrected chi connectivity index (χ4v) is 4.88. The lowest BCUT2D eigenvalue weighted by Crippen LogP contribution is -2.43. The van der Waals surface area contributed by atoms with E-state index in [1.54, 1.807) is 17.0 Å². The molecule has 0 saturated carbocycles. The van der Waals surface area contributed by atoms with Crippen LogP contribution in [0.15, 0.2) is 59.8 Å². The first-order chi connectivity index (χ1) is 13.3. The van der Waals surface area contributed by atoms with Crippen LogP contribution in [0.5, 0.6) is 0 Å². The highest BCUT2D eigenvalue weighted by atomic mass is 35.5. The first-order valence-corrected chi connectivity index (χ1v) is 10.1. The molecule has 0 aromatic heterocycles. The van der Waals surface area contributed by atoms with Crippen molar-refractivity contribution in [3.63, 3.8) is 0 Å². The lowest BCUT2D eigenvalue weighted by atomic mass is 9.69. The van der Waals surface area contributed by atoms with Crippen molar-refractivity contribution in [1.29, 1.82) is 0 Å². The Balaban J connectivity index is 1.92. The molecule has 1 heterocycles. The molecule has 0 N–H and O–H groups in total. The lowest BCUT2D eigenvalue weighted by molar-refractivity contribution is -0.121.